The number of hydrogen-bond donors (Lipinski definition) is 3. The molecule has 0 bridgehead atoms. The van der Waals surface area contributed by atoms with Crippen LogP contribution < -0.4 is 10.6 Å². The third-order valence-electron chi connectivity index (χ3n) is 6.89. The lowest BCUT2D eigenvalue weighted by Crippen LogP contribution is -2.53. The number of likely N-dealkylation sites (tertiary alicyclic amines) is 1. The van der Waals surface area contributed by atoms with E-state index in [0.29, 0.717) is 30.7 Å². The molecule has 3 aliphatic rings. The van der Waals surface area contributed by atoms with Crippen LogP contribution in [-0.2, 0) is 31.1 Å². The van der Waals surface area contributed by atoms with Crippen LogP contribution in [0.25, 0.3) is 0 Å². The summed E-state index contributed by atoms with van der Waals surface area (Å²) in [5.74, 6) is -3.43. The van der Waals surface area contributed by atoms with Crippen molar-refractivity contribution in [3.63, 3.8) is 0 Å². The van der Waals surface area contributed by atoms with Crippen LogP contribution in [0.2, 0.25) is 0 Å². The lowest BCUT2D eigenvalue weighted by Gasteiger charge is -2.29. The van der Waals surface area contributed by atoms with Gasteiger partial charge in [0.2, 0.25) is 17.7 Å². The van der Waals surface area contributed by atoms with Crippen molar-refractivity contribution < 1.29 is 28.6 Å². The molecule has 2 aromatic carbocycles. The molecule has 5 rings (SSSR count). The molecule has 2 fully saturated rings. The number of carbonyl (C=O) groups is 3. The maximum atomic E-state index is 14.2. The van der Waals surface area contributed by atoms with Crippen LogP contribution in [-0.4, -0.2) is 54.0 Å². The third kappa shape index (κ3) is 3.22. The Morgan fingerprint density at radius 2 is 1.88 bits per heavy atom. The highest BCUT2D eigenvalue weighted by molar-refractivity contribution is 6.15. The van der Waals surface area contributed by atoms with E-state index < -0.39 is 41.0 Å². The number of aromatic hydroxyl groups is 1. The van der Waals surface area contributed by atoms with E-state index in [1.165, 1.54) is 23.1 Å². The summed E-state index contributed by atoms with van der Waals surface area (Å²) in [5, 5.41) is 15.6. The van der Waals surface area contributed by atoms with Gasteiger partial charge in [0.15, 0.2) is 0 Å². The van der Waals surface area contributed by atoms with Crippen molar-refractivity contribution in [3.05, 3.63) is 59.4 Å². The van der Waals surface area contributed by atoms with Crippen LogP contribution in [0.15, 0.2) is 42.5 Å². The Bertz CT molecular complexity index is 1140. The van der Waals surface area contributed by atoms with E-state index in [0.717, 1.165) is 5.56 Å². The van der Waals surface area contributed by atoms with Gasteiger partial charge in [-0.3, -0.25) is 24.6 Å². The molecular formula is C24H24FN3O5. The molecule has 3 N–H and O–H groups in total. The number of halogens is 1. The van der Waals surface area contributed by atoms with E-state index in [4.69, 9.17) is 4.74 Å². The second-order valence-corrected chi connectivity index (χ2v) is 8.75. The number of hydrogen-bond acceptors (Lipinski definition) is 6. The van der Waals surface area contributed by atoms with Crippen LogP contribution in [0.4, 0.5) is 10.1 Å². The maximum Gasteiger partial charge on any atom is 0.250 e. The van der Waals surface area contributed by atoms with E-state index in [1.54, 1.807) is 31.4 Å². The first-order valence-electron chi connectivity index (χ1n) is 10.9. The number of fused-ring (bicyclic) bond motifs is 4. The smallest absolute Gasteiger partial charge is 0.250 e. The van der Waals surface area contributed by atoms with Gasteiger partial charge in [0.25, 0.3) is 0 Å². The van der Waals surface area contributed by atoms with Crippen LogP contribution in [0.1, 0.15) is 17.5 Å². The number of carbonyl (C=O) groups excluding carboxylic acids is 3. The Morgan fingerprint density at radius 3 is 2.61 bits per heavy atom. The summed E-state index contributed by atoms with van der Waals surface area (Å²) in [6, 6.07) is 9.99. The number of imide groups is 1. The Balaban J connectivity index is 1.58. The molecule has 9 heteroatoms. The van der Waals surface area contributed by atoms with E-state index in [1.807, 2.05) is 0 Å². The van der Waals surface area contributed by atoms with Gasteiger partial charge in [0.05, 0.1) is 11.8 Å². The van der Waals surface area contributed by atoms with Crippen molar-refractivity contribution in [1.29, 1.82) is 0 Å². The minimum atomic E-state index is -1.54. The molecule has 0 saturated carbocycles. The molecule has 172 valence electrons. The standard InChI is InChI=1S/C24H24FN3O5/c1-33-10-2-9-28-21(30)19-18(11-13-3-6-15(29)7-4-13)27-24(20(19)22(28)31)16-12-14(25)5-8-17(16)26-23(24)32/h3-8,12,18-20,27,29H,2,9-11H2,1H3,(H,26,32). The highest BCUT2D eigenvalue weighted by atomic mass is 19.1. The molecule has 0 aliphatic carbocycles. The highest BCUT2D eigenvalue weighted by Crippen LogP contribution is 2.53. The van der Waals surface area contributed by atoms with Gasteiger partial charge in [-0.25, -0.2) is 4.39 Å². The molecule has 3 aliphatic heterocycles. The number of ether oxygens (including phenoxy) is 1. The number of nitrogens with one attached hydrogen (secondary N) is 2. The number of phenolic OH excluding ortho intramolecular Hbond substituents is 1. The molecule has 0 radical (unpaired) electrons. The molecule has 1 spiro atoms. The zero-order valence-corrected chi connectivity index (χ0v) is 18.0. The molecular weight excluding hydrogens is 429 g/mol. The quantitative estimate of drug-likeness (QED) is 0.452. The van der Waals surface area contributed by atoms with Gasteiger partial charge in [-0.1, -0.05) is 12.1 Å². The SMILES string of the molecule is COCCCN1C(=O)C2C(Cc3ccc(O)cc3)NC3(C(=O)Nc4ccc(F)cc43)C2C1=O. The highest BCUT2D eigenvalue weighted by Gasteiger charge is 2.70. The molecule has 0 aromatic heterocycles. The summed E-state index contributed by atoms with van der Waals surface area (Å²) in [7, 11) is 1.54. The van der Waals surface area contributed by atoms with E-state index >= 15 is 0 Å². The third-order valence-corrected chi connectivity index (χ3v) is 6.89. The number of nitrogens with zero attached hydrogens (tertiary/aromatic N) is 1. The first kappa shape index (κ1) is 21.5. The van der Waals surface area contributed by atoms with Crippen molar-refractivity contribution >= 4 is 23.4 Å². The zero-order chi connectivity index (χ0) is 23.3. The van der Waals surface area contributed by atoms with E-state index in [9.17, 15) is 23.9 Å². The van der Waals surface area contributed by atoms with E-state index in [2.05, 4.69) is 10.6 Å². The van der Waals surface area contributed by atoms with Gasteiger partial charge >= 0.3 is 0 Å². The normalized spacial score (nSPS) is 27.9. The second kappa shape index (κ2) is 7.93. The van der Waals surface area contributed by atoms with Gasteiger partial charge in [0.1, 0.15) is 17.1 Å². The largest absolute Gasteiger partial charge is 0.508 e. The van der Waals surface area contributed by atoms with Crippen molar-refractivity contribution in [1.82, 2.24) is 10.2 Å². The van der Waals surface area contributed by atoms with Crippen LogP contribution >= 0.6 is 0 Å². The molecule has 2 aromatic rings. The minimum absolute atomic E-state index is 0.114. The maximum absolute atomic E-state index is 14.2. The Labute approximate surface area is 189 Å². The fourth-order valence-electron chi connectivity index (χ4n) is 5.48. The fourth-order valence-corrected chi connectivity index (χ4v) is 5.48. The first-order chi connectivity index (χ1) is 15.9. The number of methoxy groups -OCH3 is 1. The molecule has 3 heterocycles. The summed E-state index contributed by atoms with van der Waals surface area (Å²) < 4.78 is 19.3. The topological polar surface area (TPSA) is 108 Å². The lowest BCUT2D eigenvalue weighted by atomic mass is 9.76. The summed E-state index contributed by atoms with van der Waals surface area (Å²) in [6.45, 7) is 0.583. The fraction of sp³-hybridized carbons (Fsp3) is 0.375. The minimum Gasteiger partial charge on any atom is -0.508 e. The number of rotatable bonds is 6. The number of amides is 3. The molecule has 3 amide bonds. The number of phenols is 1. The van der Waals surface area contributed by atoms with Gasteiger partial charge in [-0.2, -0.15) is 0 Å². The molecule has 4 atom stereocenters. The first-order valence-corrected chi connectivity index (χ1v) is 10.9. The molecule has 4 unspecified atom stereocenters. The monoisotopic (exact) mass is 453 g/mol. The average molecular weight is 453 g/mol. The molecule has 33 heavy (non-hydrogen) atoms. The van der Waals surface area contributed by atoms with Gasteiger partial charge in [-0.15, -0.1) is 0 Å². The van der Waals surface area contributed by atoms with Crippen LogP contribution in [0, 0.1) is 17.7 Å². The van der Waals surface area contributed by atoms with Crippen LogP contribution in [0.5, 0.6) is 5.75 Å². The Kier molecular flexibility index (Phi) is 5.18. The van der Waals surface area contributed by atoms with Gasteiger partial charge < -0.3 is 15.2 Å². The Hall–Kier alpha value is -3.30. The van der Waals surface area contributed by atoms with Gasteiger partial charge in [0, 0.05) is 37.6 Å². The molecule has 2 saturated heterocycles. The predicted octanol–water partition coefficient (Wildman–Crippen LogP) is 1.53. The predicted molar refractivity (Wildman–Crippen MR) is 116 cm³/mol. The number of anilines is 1. The summed E-state index contributed by atoms with van der Waals surface area (Å²) >= 11 is 0. The average Bonchev–Trinajstić information content (AvgIpc) is 3.36. The van der Waals surface area contributed by atoms with Crippen LogP contribution in [0.3, 0.4) is 0 Å². The van der Waals surface area contributed by atoms with Crippen molar-refractivity contribution in [2.45, 2.75) is 24.4 Å². The van der Waals surface area contributed by atoms with Crippen molar-refractivity contribution in [2.24, 2.45) is 11.8 Å². The van der Waals surface area contributed by atoms with E-state index in [-0.39, 0.29) is 18.2 Å². The summed E-state index contributed by atoms with van der Waals surface area (Å²) in [4.78, 5) is 41.6. The Morgan fingerprint density at radius 1 is 1.12 bits per heavy atom. The summed E-state index contributed by atoms with van der Waals surface area (Å²) in [6.07, 6.45) is 0.833. The number of benzene rings is 2. The lowest BCUT2D eigenvalue weighted by molar-refractivity contribution is -0.143. The summed E-state index contributed by atoms with van der Waals surface area (Å²) in [5.41, 5.74) is 0.0653. The van der Waals surface area contributed by atoms with Crippen molar-refractivity contribution in [2.75, 3.05) is 25.6 Å². The zero-order valence-electron chi connectivity index (χ0n) is 18.0. The van der Waals surface area contributed by atoms with Crippen molar-refractivity contribution in [3.8, 4) is 5.75 Å². The van der Waals surface area contributed by atoms with Gasteiger partial charge in [-0.05, 0) is 48.7 Å². The molecule has 8 nitrogen and oxygen atoms in total. The second-order valence-electron chi connectivity index (χ2n) is 8.75.